The van der Waals surface area contributed by atoms with Crippen LogP contribution in [0.3, 0.4) is 0 Å². The van der Waals surface area contributed by atoms with Gasteiger partial charge in [0.05, 0.1) is 0 Å². The molecule has 4 rings (SSSR count). The number of aryl methyl sites for hydroxylation is 1. The third-order valence-electron chi connectivity index (χ3n) is 4.72. The Labute approximate surface area is 118 Å². The molecule has 0 radical (unpaired) electrons. The molecule has 1 saturated carbocycles. The van der Waals surface area contributed by atoms with E-state index in [9.17, 15) is 0 Å². The van der Waals surface area contributed by atoms with Crippen molar-refractivity contribution in [3.63, 3.8) is 0 Å². The van der Waals surface area contributed by atoms with Crippen LogP contribution in [-0.4, -0.2) is 6.54 Å². The van der Waals surface area contributed by atoms with Crippen molar-refractivity contribution in [2.75, 3.05) is 6.54 Å². The van der Waals surface area contributed by atoms with E-state index in [1.165, 1.54) is 35.4 Å². The molecule has 2 heterocycles. The number of rotatable bonds is 1. The van der Waals surface area contributed by atoms with Crippen LogP contribution < -0.4 is 5.32 Å². The molecule has 2 aromatic rings. The van der Waals surface area contributed by atoms with Gasteiger partial charge in [-0.1, -0.05) is 24.3 Å². The van der Waals surface area contributed by atoms with Crippen LogP contribution in [0.5, 0.6) is 0 Å². The minimum absolute atomic E-state index is 0.493. The van der Waals surface area contributed by atoms with Gasteiger partial charge < -0.3 is 5.32 Å². The van der Waals surface area contributed by atoms with Crippen LogP contribution in [0.1, 0.15) is 41.8 Å². The quantitative estimate of drug-likeness (QED) is 0.808. The second-order valence-electron chi connectivity index (χ2n) is 6.09. The van der Waals surface area contributed by atoms with Gasteiger partial charge in [0.15, 0.2) is 0 Å². The summed E-state index contributed by atoms with van der Waals surface area (Å²) in [6, 6.07) is 11.7. The van der Waals surface area contributed by atoms with Crippen molar-refractivity contribution >= 4 is 11.3 Å². The lowest BCUT2D eigenvalue weighted by molar-refractivity contribution is 0.474. The molecule has 1 aliphatic carbocycles. The zero-order valence-electron chi connectivity index (χ0n) is 11.5. The lowest BCUT2D eigenvalue weighted by atomic mass is 9.92. The highest BCUT2D eigenvalue weighted by atomic mass is 32.1. The van der Waals surface area contributed by atoms with Crippen LogP contribution in [-0.2, 0) is 5.41 Å². The van der Waals surface area contributed by atoms with E-state index < -0.39 is 0 Å². The smallest absolute Gasteiger partial charge is 0.0351 e. The van der Waals surface area contributed by atoms with Crippen LogP contribution in [0.2, 0.25) is 0 Å². The van der Waals surface area contributed by atoms with Crippen molar-refractivity contribution in [1.29, 1.82) is 0 Å². The van der Waals surface area contributed by atoms with E-state index in [-0.39, 0.29) is 0 Å². The Morgan fingerprint density at radius 1 is 1.26 bits per heavy atom. The van der Waals surface area contributed by atoms with Gasteiger partial charge in [0.25, 0.3) is 0 Å². The molecule has 1 N–H and O–H groups in total. The van der Waals surface area contributed by atoms with E-state index in [1.807, 2.05) is 11.3 Å². The Bertz CT molecular complexity index is 636. The summed E-state index contributed by atoms with van der Waals surface area (Å²) in [7, 11) is 0. The second-order valence-corrected chi connectivity index (χ2v) is 7.15. The number of benzene rings is 1. The van der Waals surface area contributed by atoms with Gasteiger partial charge in [-0.3, -0.25) is 0 Å². The first-order valence-electron chi connectivity index (χ1n) is 7.13. The molecular weight excluding hydrogens is 250 g/mol. The van der Waals surface area contributed by atoms with Gasteiger partial charge in [0.1, 0.15) is 0 Å². The second kappa shape index (κ2) is 3.94. The summed E-state index contributed by atoms with van der Waals surface area (Å²) in [5.74, 6) is 0. The van der Waals surface area contributed by atoms with Gasteiger partial charge >= 0.3 is 0 Å². The predicted molar refractivity (Wildman–Crippen MR) is 81.8 cm³/mol. The molecule has 1 aromatic heterocycles. The maximum absolute atomic E-state index is 3.68. The summed E-state index contributed by atoms with van der Waals surface area (Å²) in [5, 5.41) is 3.68. The molecule has 1 aromatic carbocycles. The molecule has 98 valence electrons. The van der Waals surface area contributed by atoms with Gasteiger partial charge in [-0.25, -0.2) is 0 Å². The average Bonchev–Trinajstić information content (AvgIpc) is 3.04. The van der Waals surface area contributed by atoms with Crippen LogP contribution in [0.4, 0.5) is 0 Å². The molecule has 2 aliphatic rings. The molecule has 2 heteroatoms. The molecule has 19 heavy (non-hydrogen) atoms. The fraction of sp³-hybridized carbons (Fsp3) is 0.412. The Balaban J connectivity index is 1.86. The summed E-state index contributed by atoms with van der Waals surface area (Å²) in [6.45, 7) is 5.68. The number of thiophene rings is 1. The van der Waals surface area contributed by atoms with Gasteiger partial charge in [-0.15, -0.1) is 11.3 Å². The molecule has 0 amide bonds. The van der Waals surface area contributed by atoms with Crippen LogP contribution in [0.15, 0.2) is 30.3 Å². The maximum atomic E-state index is 3.68. The van der Waals surface area contributed by atoms with E-state index in [2.05, 4.69) is 49.5 Å². The largest absolute Gasteiger partial charge is 0.309 e. The minimum atomic E-state index is 0.493. The zero-order valence-corrected chi connectivity index (χ0v) is 12.3. The van der Waals surface area contributed by atoms with Gasteiger partial charge in [-0.2, -0.15) is 0 Å². The van der Waals surface area contributed by atoms with E-state index in [0.717, 1.165) is 0 Å². The fourth-order valence-corrected chi connectivity index (χ4v) is 4.81. The highest BCUT2D eigenvalue weighted by Crippen LogP contribution is 2.56. The summed E-state index contributed by atoms with van der Waals surface area (Å²) in [5.41, 5.74) is 4.83. The standard InChI is InChI=1S/C17H19NS/c1-11-5-3-4-6-13(11)15-9-14-12(2)18-10-17(7-8-17)16(14)19-15/h3-6,9,12,18H,7-8,10H2,1-2H3. The van der Waals surface area contributed by atoms with E-state index in [4.69, 9.17) is 0 Å². The average molecular weight is 269 g/mol. The van der Waals surface area contributed by atoms with E-state index in [0.29, 0.717) is 11.5 Å². The highest BCUT2D eigenvalue weighted by molar-refractivity contribution is 7.16. The first-order chi connectivity index (χ1) is 9.20. The molecule has 1 fully saturated rings. The molecule has 1 atom stereocenters. The van der Waals surface area contributed by atoms with Gasteiger partial charge in [0, 0.05) is 27.8 Å². The minimum Gasteiger partial charge on any atom is -0.309 e. The lowest BCUT2D eigenvalue weighted by Gasteiger charge is -2.27. The van der Waals surface area contributed by atoms with Crippen molar-refractivity contribution < 1.29 is 0 Å². The lowest BCUT2D eigenvalue weighted by Crippen LogP contribution is -2.34. The monoisotopic (exact) mass is 269 g/mol. The third-order valence-corrected chi connectivity index (χ3v) is 6.15. The summed E-state index contributed by atoms with van der Waals surface area (Å²) in [4.78, 5) is 3.11. The summed E-state index contributed by atoms with van der Waals surface area (Å²) in [6.07, 6.45) is 2.74. The Morgan fingerprint density at radius 2 is 2.05 bits per heavy atom. The molecule has 0 saturated heterocycles. The van der Waals surface area contributed by atoms with Crippen LogP contribution >= 0.6 is 11.3 Å². The van der Waals surface area contributed by atoms with E-state index >= 15 is 0 Å². The topological polar surface area (TPSA) is 12.0 Å². The van der Waals surface area contributed by atoms with E-state index in [1.54, 1.807) is 10.4 Å². The zero-order chi connectivity index (χ0) is 13.0. The Hall–Kier alpha value is -1.12. The number of fused-ring (bicyclic) bond motifs is 2. The van der Waals surface area contributed by atoms with Gasteiger partial charge in [-0.05, 0) is 49.4 Å². The molecule has 0 bridgehead atoms. The van der Waals surface area contributed by atoms with Crippen molar-refractivity contribution in [2.45, 2.75) is 38.1 Å². The molecular formula is C17H19NS. The molecule has 1 unspecified atom stereocenters. The van der Waals surface area contributed by atoms with Crippen molar-refractivity contribution in [3.8, 4) is 10.4 Å². The molecule has 1 nitrogen and oxygen atoms in total. The Kier molecular flexibility index (Phi) is 2.42. The molecule has 1 spiro atoms. The highest BCUT2D eigenvalue weighted by Gasteiger charge is 2.49. The van der Waals surface area contributed by atoms with Gasteiger partial charge in [0.2, 0.25) is 0 Å². The third kappa shape index (κ3) is 1.70. The fourth-order valence-electron chi connectivity index (χ4n) is 3.22. The Morgan fingerprint density at radius 3 is 2.79 bits per heavy atom. The molecule has 1 aliphatic heterocycles. The SMILES string of the molecule is Cc1ccccc1-c1cc2c(s1)C1(CC1)CNC2C. The number of nitrogens with one attached hydrogen (secondary N) is 1. The first kappa shape index (κ1) is 11.7. The number of hydrogen-bond donors (Lipinski definition) is 1. The normalized spacial score (nSPS) is 23.4. The summed E-state index contributed by atoms with van der Waals surface area (Å²) >= 11 is 2.04. The first-order valence-corrected chi connectivity index (χ1v) is 7.95. The summed E-state index contributed by atoms with van der Waals surface area (Å²) < 4.78 is 0. The van der Waals surface area contributed by atoms with Crippen molar-refractivity contribution in [3.05, 3.63) is 46.3 Å². The maximum Gasteiger partial charge on any atom is 0.0351 e. The van der Waals surface area contributed by atoms with Crippen molar-refractivity contribution in [1.82, 2.24) is 5.32 Å². The van der Waals surface area contributed by atoms with Crippen LogP contribution in [0.25, 0.3) is 10.4 Å². The van der Waals surface area contributed by atoms with Crippen LogP contribution in [0, 0.1) is 6.92 Å². The van der Waals surface area contributed by atoms with Crippen molar-refractivity contribution in [2.24, 2.45) is 0 Å². The number of hydrogen-bond acceptors (Lipinski definition) is 2. The predicted octanol–water partition coefficient (Wildman–Crippen LogP) is 4.42.